The Morgan fingerprint density at radius 2 is 1.89 bits per heavy atom. The molecule has 0 radical (unpaired) electrons. The van der Waals surface area contributed by atoms with Gasteiger partial charge in [0.2, 0.25) is 0 Å². The fourth-order valence-electron chi connectivity index (χ4n) is 1.53. The van der Waals surface area contributed by atoms with E-state index in [1.165, 1.54) is 9.36 Å². The number of para-hydroxylation sites is 1. The van der Waals surface area contributed by atoms with Crippen LogP contribution in [0.25, 0.3) is 5.69 Å². The third kappa shape index (κ3) is 2.84. The van der Waals surface area contributed by atoms with Crippen molar-refractivity contribution in [3.8, 4) is 5.69 Å². The van der Waals surface area contributed by atoms with Crippen molar-refractivity contribution in [1.82, 2.24) is 19.8 Å². The van der Waals surface area contributed by atoms with Crippen molar-refractivity contribution in [1.29, 1.82) is 0 Å². The van der Waals surface area contributed by atoms with E-state index < -0.39 is 5.60 Å². The molecule has 1 heterocycles. The molecular formula is C12H16N4O2. The fourth-order valence-corrected chi connectivity index (χ4v) is 1.53. The van der Waals surface area contributed by atoms with E-state index in [0.29, 0.717) is 18.7 Å². The maximum absolute atomic E-state index is 12.0. The van der Waals surface area contributed by atoms with Crippen LogP contribution in [0.3, 0.4) is 0 Å². The molecule has 0 spiro atoms. The van der Waals surface area contributed by atoms with Crippen molar-refractivity contribution in [3.05, 3.63) is 40.8 Å². The Bertz CT molecular complexity index is 566. The number of aliphatic hydroxyl groups is 1. The maximum atomic E-state index is 12.0. The molecule has 0 aliphatic heterocycles. The minimum atomic E-state index is -0.823. The summed E-state index contributed by atoms with van der Waals surface area (Å²) in [6, 6.07) is 9.11. The van der Waals surface area contributed by atoms with Crippen LogP contribution in [0.5, 0.6) is 0 Å². The Morgan fingerprint density at radius 1 is 1.22 bits per heavy atom. The smallest absolute Gasteiger partial charge is 0.368 e. The number of hydrogen-bond donors (Lipinski definition) is 1. The monoisotopic (exact) mass is 248 g/mol. The summed E-state index contributed by atoms with van der Waals surface area (Å²) in [6.45, 7) is 3.73. The zero-order valence-electron chi connectivity index (χ0n) is 10.4. The van der Waals surface area contributed by atoms with Gasteiger partial charge in [0, 0.05) is 0 Å². The van der Waals surface area contributed by atoms with Crippen molar-refractivity contribution < 1.29 is 5.11 Å². The summed E-state index contributed by atoms with van der Waals surface area (Å²) >= 11 is 0. The highest BCUT2D eigenvalue weighted by Crippen LogP contribution is 2.07. The first-order valence-corrected chi connectivity index (χ1v) is 5.78. The van der Waals surface area contributed by atoms with E-state index in [4.69, 9.17) is 0 Å². The SMILES string of the molecule is CC(C)(O)CCn1nnn(-c2ccccc2)c1=O. The molecule has 0 aliphatic carbocycles. The van der Waals surface area contributed by atoms with Crippen molar-refractivity contribution in [2.24, 2.45) is 0 Å². The zero-order chi connectivity index (χ0) is 13.2. The number of benzene rings is 1. The van der Waals surface area contributed by atoms with Crippen LogP contribution in [0.1, 0.15) is 20.3 Å². The van der Waals surface area contributed by atoms with Gasteiger partial charge in [-0.25, -0.2) is 4.79 Å². The third-order valence-electron chi connectivity index (χ3n) is 2.58. The average Bonchev–Trinajstić information content (AvgIpc) is 2.68. The van der Waals surface area contributed by atoms with Gasteiger partial charge in [-0.3, -0.25) is 0 Å². The maximum Gasteiger partial charge on any atom is 0.368 e. The van der Waals surface area contributed by atoms with Gasteiger partial charge in [-0.1, -0.05) is 18.2 Å². The van der Waals surface area contributed by atoms with Gasteiger partial charge in [-0.2, -0.15) is 9.36 Å². The molecule has 18 heavy (non-hydrogen) atoms. The lowest BCUT2D eigenvalue weighted by Gasteiger charge is -2.15. The van der Waals surface area contributed by atoms with E-state index in [1.54, 1.807) is 26.0 Å². The van der Waals surface area contributed by atoms with Crippen molar-refractivity contribution >= 4 is 0 Å². The highest BCUT2D eigenvalue weighted by Gasteiger charge is 2.15. The molecule has 0 saturated heterocycles. The minimum absolute atomic E-state index is 0.301. The Balaban J connectivity index is 2.22. The molecule has 0 bridgehead atoms. The molecule has 6 heteroatoms. The summed E-state index contributed by atoms with van der Waals surface area (Å²) in [4.78, 5) is 12.0. The quantitative estimate of drug-likeness (QED) is 0.859. The largest absolute Gasteiger partial charge is 0.390 e. The van der Waals surface area contributed by atoms with Crippen molar-refractivity contribution in [3.63, 3.8) is 0 Å². The molecule has 2 rings (SSSR count). The number of aromatic nitrogens is 4. The minimum Gasteiger partial charge on any atom is -0.390 e. The number of hydrogen-bond acceptors (Lipinski definition) is 4. The van der Waals surface area contributed by atoms with E-state index in [9.17, 15) is 9.90 Å². The normalized spacial score (nSPS) is 11.7. The van der Waals surface area contributed by atoms with E-state index in [1.807, 2.05) is 18.2 Å². The highest BCUT2D eigenvalue weighted by molar-refractivity contribution is 5.28. The van der Waals surface area contributed by atoms with E-state index in [0.717, 1.165) is 0 Å². The molecule has 96 valence electrons. The number of aryl methyl sites for hydroxylation is 1. The molecule has 0 atom stereocenters. The number of tetrazole rings is 1. The van der Waals surface area contributed by atoms with Gasteiger partial charge < -0.3 is 5.11 Å². The van der Waals surface area contributed by atoms with Gasteiger partial charge in [-0.05, 0) is 42.8 Å². The van der Waals surface area contributed by atoms with Gasteiger partial charge in [0.05, 0.1) is 17.8 Å². The van der Waals surface area contributed by atoms with Crippen LogP contribution in [-0.2, 0) is 6.54 Å². The van der Waals surface area contributed by atoms with E-state index in [2.05, 4.69) is 10.4 Å². The first-order chi connectivity index (χ1) is 8.47. The van der Waals surface area contributed by atoms with Crippen molar-refractivity contribution in [2.75, 3.05) is 0 Å². The summed E-state index contributed by atoms with van der Waals surface area (Å²) in [6.07, 6.45) is 0.445. The summed E-state index contributed by atoms with van der Waals surface area (Å²) in [5.41, 5.74) is -0.446. The van der Waals surface area contributed by atoms with Crippen LogP contribution in [0.2, 0.25) is 0 Å². The molecule has 0 aliphatic rings. The van der Waals surface area contributed by atoms with Gasteiger partial charge in [0.1, 0.15) is 0 Å². The molecular weight excluding hydrogens is 232 g/mol. The van der Waals surface area contributed by atoms with Crippen LogP contribution in [0, 0.1) is 0 Å². The molecule has 0 unspecified atom stereocenters. The number of rotatable bonds is 4. The van der Waals surface area contributed by atoms with Crippen LogP contribution >= 0.6 is 0 Å². The van der Waals surface area contributed by atoms with E-state index >= 15 is 0 Å². The predicted molar refractivity (Wildman–Crippen MR) is 66.5 cm³/mol. The Labute approximate surface area is 104 Å². The molecule has 1 N–H and O–H groups in total. The Hall–Kier alpha value is -1.95. The Morgan fingerprint density at radius 3 is 2.50 bits per heavy atom. The predicted octanol–water partition coefficient (Wildman–Crippen LogP) is 0.590. The van der Waals surface area contributed by atoms with Crippen LogP contribution in [0.4, 0.5) is 0 Å². The molecule has 1 aromatic heterocycles. The van der Waals surface area contributed by atoms with Gasteiger partial charge in [0.15, 0.2) is 0 Å². The summed E-state index contributed by atoms with van der Waals surface area (Å²) in [7, 11) is 0. The second-order valence-corrected chi connectivity index (χ2v) is 4.79. The fraction of sp³-hybridized carbons (Fsp3) is 0.417. The molecule has 1 aromatic carbocycles. The molecule has 2 aromatic rings. The van der Waals surface area contributed by atoms with Crippen LogP contribution in [-0.4, -0.2) is 30.5 Å². The highest BCUT2D eigenvalue weighted by atomic mass is 16.3. The Kier molecular flexibility index (Phi) is 3.29. The molecule has 0 amide bonds. The van der Waals surface area contributed by atoms with Gasteiger partial charge >= 0.3 is 5.69 Å². The molecule has 0 fully saturated rings. The van der Waals surface area contributed by atoms with E-state index in [-0.39, 0.29) is 5.69 Å². The first-order valence-electron chi connectivity index (χ1n) is 5.78. The lowest BCUT2D eigenvalue weighted by Crippen LogP contribution is -2.28. The summed E-state index contributed by atoms with van der Waals surface area (Å²) in [5, 5.41) is 17.2. The standard InChI is InChI=1S/C12H16N4O2/c1-12(2,18)8-9-15-11(17)16(14-13-15)10-6-4-3-5-7-10/h3-7,18H,8-9H2,1-2H3. The van der Waals surface area contributed by atoms with Crippen LogP contribution in [0.15, 0.2) is 35.1 Å². The molecule has 0 saturated carbocycles. The third-order valence-corrected chi connectivity index (χ3v) is 2.58. The lowest BCUT2D eigenvalue weighted by molar-refractivity contribution is 0.0646. The van der Waals surface area contributed by atoms with Gasteiger partial charge in [-0.15, -0.1) is 0 Å². The zero-order valence-corrected chi connectivity index (χ0v) is 10.4. The molecule has 6 nitrogen and oxygen atoms in total. The first kappa shape index (κ1) is 12.5. The second-order valence-electron chi connectivity index (χ2n) is 4.79. The lowest BCUT2D eigenvalue weighted by atomic mass is 10.1. The summed E-state index contributed by atoms with van der Waals surface area (Å²) < 4.78 is 2.50. The topological polar surface area (TPSA) is 72.9 Å². The van der Waals surface area contributed by atoms with Gasteiger partial charge in [0.25, 0.3) is 0 Å². The van der Waals surface area contributed by atoms with Crippen molar-refractivity contribution in [2.45, 2.75) is 32.4 Å². The summed E-state index contributed by atoms with van der Waals surface area (Å²) in [5.74, 6) is 0. The average molecular weight is 248 g/mol. The number of nitrogens with zero attached hydrogens (tertiary/aromatic N) is 4. The van der Waals surface area contributed by atoms with Crippen LogP contribution < -0.4 is 5.69 Å². The second kappa shape index (κ2) is 4.73.